The van der Waals surface area contributed by atoms with E-state index in [1.165, 1.54) is 12.1 Å². The number of hydrogen-bond acceptors (Lipinski definition) is 3. The molecule has 18 heavy (non-hydrogen) atoms. The van der Waals surface area contributed by atoms with Crippen LogP contribution in [0.25, 0.3) is 0 Å². The van der Waals surface area contributed by atoms with Crippen molar-refractivity contribution in [3.05, 3.63) is 22.7 Å². The summed E-state index contributed by atoms with van der Waals surface area (Å²) < 4.78 is 5.47. The van der Waals surface area contributed by atoms with Crippen LogP contribution in [0.2, 0.25) is 5.02 Å². The molecule has 0 spiro atoms. The Morgan fingerprint density at radius 2 is 2.11 bits per heavy atom. The van der Waals surface area contributed by atoms with Gasteiger partial charge in [0, 0.05) is 6.07 Å². The number of rotatable bonds is 3. The first-order valence-electron chi connectivity index (χ1n) is 4.93. The molecule has 0 saturated heterocycles. The van der Waals surface area contributed by atoms with Gasteiger partial charge in [0.25, 0.3) is 5.91 Å². The van der Waals surface area contributed by atoms with E-state index in [0.717, 1.165) is 0 Å². The van der Waals surface area contributed by atoms with Crippen LogP contribution in [0.1, 0.15) is 24.2 Å². The van der Waals surface area contributed by atoms with Crippen molar-refractivity contribution in [2.24, 2.45) is 5.73 Å². The SMILES string of the molecule is CC#C[C@H](C)Oc1cc(N)c(Cl)cc1C(N)=O.Cl. The molecule has 0 radical (unpaired) electrons. The van der Waals surface area contributed by atoms with Gasteiger partial charge in [-0.3, -0.25) is 4.79 Å². The Bertz CT molecular complexity index is 507. The highest BCUT2D eigenvalue weighted by Crippen LogP contribution is 2.29. The molecule has 1 atom stereocenters. The monoisotopic (exact) mass is 288 g/mol. The number of benzene rings is 1. The Hall–Kier alpha value is -1.57. The molecule has 0 saturated carbocycles. The maximum Gasteiger partial charge on any atom is 0.252 e. The van der Waals surface area contributed by atoms with Gasteiger partial charge in [0.1, 0.15) is 5.75 Å². The molecule has 1 rings (SSSR count). The summed E-state index contributed by atoms with van der Waals surface area (Å²) in [6.07, 6.45) is -0.362. The quantitative estimate of drug-likeness (QED) is 0.661. The predicted octanol–water partition coefficient (Wildman–Crippen LogP) is 2.23. The van der Waals surface area contributed by atoms with Gasteiger partial charge in [-0.1, -0.05) is 17.5 Å². The molecule has 98 valence electrons. The maximum absolute atomic E-state index is 11.2. The smallest absolute Gasteiger partial charge is 0.252 e. The van der Waals surface area contributed by atoms with Crippen LogP contribution < -0.4 is 16.2 Å². The Morgan fingerprint density at radius 1 is 1.50 bits per heavy atom. The summed E-state index contributed by atoms with van der Waals surface area (Å²) in [5.41, 5.74) is 11.4. The summed E-state index contributed by atoms with van der Waals surface area (Å²) in [6, 6.07) is 2.86. The highest BCUT2D eigenvalue weighted by Gasteiger charge is 2.14. The number of amides is 1. The lowest BCUT2D eigenvalue weighted by molar-refractivity contribution is 0.0995. The number of anilines is 1. The van der Waals surface area contributed by atoms with Crippen LogP contribution in [0.15, 0.2) is 12.1 Å². The molecule has 0 heterocycles. The number of halogens is 2. The Morgan fingerprint density at radius 3 is 2.61 bits per heavy atom. The fourth-order valence-corrected chi connectivity index (χ4v) is 1.45. The number of hydrogen-bond donors (Lipinski definition) is 2. The molecular formula is C12H14Cl2N2O2. The number of carbonyl (C=O) groups excluding carboxylic acids is 1. The van der Waals surface area contributed by atoms with E-state index < -0.39 is 5.91 Å². The van der Waals surface area contributed by atoms with Crippen LogP contribution in [-0.4, -0.2) is 12.0 Å². The van der Waals surface area contributed by atoms with Crippen molar-refractivity contribution in [1.29, 1.82) is 0 Å². The van der Waals surface area contributed by atoms with Crippen molar-refractivity contribution in [3.8, 4) is 17.6 Å². The van der Waals surface area contributed by atoms with Crippen LogP contribution in [-0.2, 0) is 0 Å². The molecule has 4 nitrogen and oxygen atoms in total. The van der Waals surface area contributed by atoms with Crippen LogP contribution in [0.3, 0.4) is 0 Å². The third kappa shape index (κ3) is 4.02. The lowest BCUT2D eigenvalue weighted by Crippen LogP contribution is -2.16. The summed E-state index contributed by atoms with van der Waals surface area (Å²) in [6.45, 7) is 3.46. The van der Waals surface area contributed by atoms with Gasteiger partial charge in [0.15, 0.2) is 6.10 Å². The van der Waals surface area contributed by atoms with E-state index in [1.54, 1.807) is 13.8 Å². The minimum absolute atomic E-state index is 0. The standard InChI is InChI=1S/C12H13ClN2O2.ClH/c1-3-4-7(2)17-11-6-10(14)9(13)5-8(11)12(15)16;/h5-7H,14H2,1-2H3,(H2,15,16);1H/t7-;/m0./s1. The van der Waals surface area contributed by atoms with Gasteiger partial charge < -0.3 is 16.2 Å². The lowest BCUT2D eigenvalue weighted by Gasteiger charge is -2.13. The van der Waals surface area contributed by atoms with Gasteiger partial charge in [-0.25, -0.2) is 0 Å². The predicted molar refractivity (Wildman–Crippen MR) is 75.2 cm³/mol. The van der Waals surface area contributed by atoms with Gasteiger partial charge in [0.05, 0.1) is 16.3 Å². The number of carbonyl (C=O) groups is 1. The number of nitrogens with two attached hydrogens (primary N) is 2. The van der Waals surface area contributed by atoms with Crippen LogP contribution >= 0.6 is 24.0 Å². The minimum atomic E-state index is -0.626. The third-order valence-corrected chi connectivity index (χ3v) is 2.34. The molecule has 1 aromatic rings. The average molecular weight is 289 g/mol. The Balaban J connectivity index is 0.00000289. The number of nitrogen functional groups attached to an aromatic ring is 1. The molecule has 0 aliphatic heterocycles. The first-order valence-corrected chi connectivity index (χ1v) is 5.31. The molecule has 6 heteroatoms. The largest absolute Gasteiger partial charge is 0.477 e. The fraction of sp³-hybridized carbons (Fsp3) is 0.250. The first-order chi connectivity index (χ1) is 7.95. The molecular weight excluding hydrogens is 275 g/mol. The summed E-state index contributed by atoms with van der Waals surface area (Å²) >= 11 is 5.81. The normalized spacial score (nSPS) is 10.6. The molecule has 4 N–H and O–H groups in total. The van der Waals surface area contributed by atoms with Crippen LogP contribution in [0.5, 0.6) is 5.75 Å². The molecule has 0 bridgehead atoms. The zero-order valence-electron chi connectivity index (χ0n) is 9.99. The van der Waals surface area contributed by atoms with Gasteiger partial charge in [-0.2, -0.15) is 0 Å². The molecule has 0 aliphatic rings. The minimum Gasteiger partial charge on any atom is -0.477 e. The van der Waals surface area contributed by atoms with Gasteiger partial charge in [0.2, 0.25) is 0 Å². The summed E-state index contributed by atoms with van der Waals surface area (Å²) in [4.78, 5) is 11.2. The van der Waals surface area contributed by atoms with Crippen molar-refractivity contribution in [2.45, 2.75) is 20.0 Å². The van der Waals surface area contributed by atoms with E-state index in [2.05, 4.69) is 11.8 Å². The van der Waals surface area contributed by atoms with E-state index >= 15 is 0 Å². The van der Waals surface area contributed by atoms with E-state index in [1.807, 2.05) is 0 Å². The van der Waals surface area contributed by atoms with Crippen LogP contribution in [0.4, 0.5) is 5.69 Å². The van der Waals surface area contributed by atoms with Crippen molar-refractivity contribution in [1.82, 2.24) is 0 Å². The lowest BCUT2D eigenvalue weighted by atomic mass is 10.1. The zero-order chi connectivity index (χ0) is 13.0. The summed E-state index contributed by atoms with van der Waals surface area (Å²) in [5, 5.41) is 0.264. The van der Waals surface area contributed by atoms with E-state index in [0.29, 0.717) is 5.69 Å². The first kappa shape index (κ1) is 16.4. The third-order valence-electron chi connectivity index (χ3n) is 2.02. The van der Waals surface area contributed by atoms with Gasteiger partial charge in [-0.15, -0.1) is 18.3 Å². The molecule has 0 aliphatic carbocycles. The fourth-order valence-electron chi connectivity index (χ4n) is 1.28. The zero-order valence-corrected chi connectivity index (χ0v) is 11.6. The Kier molecular flexibility index (Phi) is 6.39. The molecule has 0 fully saturated rings. The number of ether oxygens (including phenoxy) is 1. The maximum atomic E-state index is 11.2. The highest BCUT2D eigenvalue weighted by molar-refractivity contribution is 6.33. The van der Waals surface area contributed by atoms with Gasteiger partial charge in [-0.05, 0) is 19.9 Å². The van der Waals surface area contributed by atoms with E-state index in [4.69, 9.17) is 27.8 Å². The van der Waals surface area contributed by atoms with E-state index in [-0.39, 0.29) is 34.8 Å². The highest BCUT2D eigenvalue weighted by atomic mass is 35.5. The second-order valence-corrected chi connectivity index (χ2v) is 3.80. The average Bonchev–Trinajstić information content (AvgIpc) is 2.23. The van der Waals surface area contributed by atoms with Crippen molar-refractivity contribution in [3.63, 3.8) is 0 Å². The summed E-state index contributed by atoms with van der Waals surface area (Å²) in [5.74, 6) is 5.17. The van der Waals surface area contributed by atoms with Crippen LogP contribution in [0, 0.1) is 11.8 Å². The van der Waals surface area contributed by atoms with Crippen molar-refractivity contribution >= 4 is 35.6 Å². The van der Waals surface area contributed by atoms with E-state index in [9.17, 15) is 4.79 Å². The topological polar surface area (TPSA) is 78.3 Å². The molecule has 1 aromatic carbocycles. The van der Waals surface area contributed by atoms with Gasteiger partial charge >= 0.3 is 0 Å². The van der Waals surface area contributed by atoms with Crippen molar-refractivity contribution < 1.29 is 9.53 Å². The summed E-state index contributed by atoms with van der Waals surface area (Å²) in [7, 11) is 0. The number of primary amides is 1. The molecule has 0 unspecified atom stereocenters. The second kappa shape index (κ2) is 7.00. The Labute approximate surface area is 117 Å². The molecule has 1 amide bonds. The second-order valence-electron chi connectivity index (χ2n) is 3.39. The molecule has 0 aromatic heterocycles. The van der Waals surface area contributed by atoms with Crippen molar-refractivity contribution in [2.75, 3.05) is 5.73 Å².